The lowest BCUT2D eigenvalue weighted by atomic mass is 9.83. The molecule has 24 heavy (non-hydrogen) atoms. The van der Waals surface area contributed by atoms with Crippen LogP contribution in [-0.4, -0.2) is 34.4 Å². The van der Waals surface area contributed by atoms with Gasteiger partial charge in [0.05, 0.1) is 6.04 Å². The lowest BCUT2D eigenvalue weighted by Crippen LogP contribution is -2.48. The van der Waals surface area contributed by atoms with Gasteiger partial charge in [-0.1, -0.05) is 62.4 Å². The number of benzene rings is 1. The summed E-state index contributed by atoms with van der Waals surface area (Å²) in [5, 5.41) is 21.5. The molecule has 1 fully saturated rings. The number of amides is 1. The largest absolute Gasteiger partial charge is 0.479 e. The van der Waals surface area contributed by atoms with E-state index in [1.807, 2.05) is 30.3 Å². The van der Waals surface area contributed by atoms with Crippen LogP contribution in [0.1, 0.15) is 44.1 Å². The fourth-order valence-corrected chi connectivity index (χ4v) is 3.14. The van der Waals surface area contributed by atoms with Crippen LogP contribution in [0.3, 0.4) is 0 Å². The van der Waals surface area contributed by atoms with E-state index in [2.05, 4.69) is 5.32 Å². The van der Waals surface area contributed by atoms with Crippen LogP contribution in [0.4, 0.5) is 4.79 Å². The summed E-state index contributed by atoms with van der Waals surface area (Å²) in [6.45, 7) is 0.103. The van der Waals surface area contributed by atoms with Crippen LogP contribution in [0.5, 0.6) is 0 Å². The monoisotopic (exact) mass is 335 g/mol. The van der Waals surface area contributed by atoms with Gasteiger partial charge >= 0.3 is 12.1 Å². The molecule has 6 nitrogen and oxygen atoms in total. The predicted molar refractivity (Wildman–Crippen MR) is 88.4 cm³/mol. The van der Waals surface area contributed by atoms with E-state index in [0.29, 0.717) is 12.3 Å². The first-order chi connectivity index (χ1) is 11.6. The maximum absolute atomic E-state index is 12.0. The van der Waals surface area contributed by atoms with Crippen molar-refractivity contribution >= 4 is 12.1 Å². The van der Waals surface area contributed by atoms with Crippen molar-refractivity contribution in [1.82, 2.24) is 5.32 Å². The van der Waals surface area contributed by atoms with Gasteiger partial charge in [0.1, 0.15) is 6.61 Å². The van der Waals surface area contributed by atoms with Crippen molar-refractivity contribution in [2.45, 2.75) is 57.3 Å². The second kappa shape index (κ2) is 9.27. The fourth-order valence-electron chi connectivity index (χ4n) is 3.14. The van der Waals surface area contributed by atoms with Gasteiger partial charge in [-0.05, 0) is 17.9 Å². The first-order valence-electron chi connectivity index (χ1n) is 8.44. The summed E-state index contributed by atoms with van der Waals surface area (Å²) < 4.78 is 5.12. The summed E-state index contributed by atoms with van der Waals surface area (Å²) >= 11 is 0. The van der Waals surface area contributed by atoms with Crippen molar-refractivity contribution in [2.75, 3.05) is 0 Å². The Morgan fingerprint density at radius 3 is 2.46 bits per heavy atom. The number of hydrogen-bond acceptors (Lipinski definition) is 4. The van der Waals surface area contributed by atoms with E-state index in [1.165, 1.54) is 6.42 Å². The summed E-state index contributed by atoms with van der Waals surface area (Å²) in [7, 11) is 0. The molecule has 0 saturated heterocycles. The zero-order chi connectivity index (χ0) is 17.4. The molecular formula is C18H25NO5. The number of aliphatic hydroxyl groups is 1. The fraction of sp³-hybridized carbons (Fsp3) is 0.556. The summed E-state index contributed by atoms with van der Waals surface area (Å²) in [6, 6.07) is 8.38. The number of aliphatic carboxylic acids is 1. The van der Waals surface area contributed by atoms with Gasteiger partial charge in [0.15, 0.2) is 6.10 Å². The average Bonchev–Trinajstić information content (AvgIpc) is 2.60. The third kappa shape index (κ3) is 5.85. The van der Waals surface area contributed by atoms with E-state index >= 15 is 0 Å². The van der Waals surface area contributed by atoms with E-state index in [0.717, 1.165) is 31.2 Å². The summed E-state index contributed by atoms with van der Waals surface area (Å²) in [5.41, 5.74) is 0.843. The highest BCUT2D eigenvalue weighted by atomic mass is 16.5. The Labute approximate surface area is 141 Å². The first kappa shape index (κ1) is 18.3. The highest BCUT2D eigenvalue weighted by Gasteiger charge is 2.30. The Morgan fingerprint density at radius 2 is 1.83 bits per heavy atom. The molecule has 0 spiro atoms. The number of carbonyl (C=O) groups is 2. The molecule has 3 N–H and O–H groups in total. The average molecular weight is 335 g/mol. The predicted octanol–water partition coefficient (Wildman–Crippen LogP) is 2.70. The number of rotatable bonds is 7. The normalized spacial score (nSPS) is 17.7. The van der Waals surface area contributed by atoms with Gasteiger partial charge in [-0.15, -0.1) is 0 Å². The molecule has 2 unspecified atom stereocenters. The van der Waals surface area contributed by atoms with Crippen molar-refractivity contribution in [3.05, 3.63) is 35.9 Å². The Bertz CT molecular complexity index is 527. The third-order valence-electron chi connectivity index (χ3n) is 4.46. The van der Waals surface area contributed by atoms with E-state index in [-0.39, 0.29) is 6.61 Å². The smallest absolute Gasteiger partial charge is 0.407 e. The zero-order valence-corrected chi connectivity index (χ0v) is 13.7. The van der Waals surface area contributed by atoms with Crippen LogP contribution in [0.15, 0.2) is 30.3 Å². The summed E-state index contributed by atoms with van der Waals surface area (Å²) in [6.07, 6.45) is 3.53. The van der Waals surface area contributed by atoms with Crippen LogP contribution in [-0.2, 0) is 16.1 Å². The number of hydrogen-bond donors (Lipinski definition) is 3. The summed E-state index contributed by atoms with van der Waals surface area (Å²) in [4.78, 5) is 23.1. The van der Waals surface area contributed by atoms with Crippen LogP contribution in [0, 0.1) is 5.92 Å². The van der Waals surface area contributed by atoms with Gasteiger partial charge in [0, 0.05) is 0 Å². The van der Waals surface area contributed by atoms with Crippen molar-refractivity contribution in [3.63, 3.8) is 0 Å². The number of carboxylic acids is 1. The number of carbonyl (C=O) groups excluding carboxylic acids is 1. The Kier molecular flexibility index (Phi) is 7.06. The number of nitrogens with one attached hydrogen (secondary N) is 1. The maximum Gasteiger partial charge on any atom is 0.407 e. The molecule has 0 aliphatic heterocycles. The first-order valence-corrected chi connectivity index (χ1v) is 8.44. The highest BCUT2D eigenvalue weighted by Crippen LogP contribution is 2.28. The SMILES string of the molecule is O=C(NC(CC1CCCCC1)C(O)C(=O)O)OCc1ccccc1. The van der Waals surface area contributed by atoms with Crippen molar-refractivity contribution in [3.8, 4) is 0 Å². The quantitative estimate of drug-likeness (QED) is 0.712. The van der Waals surface area contributed by atoms with Gasteiger partial charge in [0.2, 0.25) is 0 Å². The molecule has 1 aromatic rings. The van der Waals surface area contributed by atoms with Gasteiger partial charge in [-0.3, -0.25) is 0 Å². The molecule has 0 bridgehead atoms. The molecule has 0 heterocycles. The topological polar surface area (TPSA) is 95.9 Å². The molecule has 6 heteroatoms. The Hall–Kier alpha value is -2.08. The van der Waals surface area contributed by atoms with E-state index < -0.39 is 24.2 Å². The molecule has 0 aromatic heterocycles. The molecule has 1 aliphatic rings. The zero-order valence-electron chi connectivity index (χ0n) is 13.7. The molecule has 1 aliphatic carbocycles. The van der Waals surface area contributed by atoms with Crippen LogP contribution < -0.4 is 5.32 Å². The Balaban J connectivity index is 1.88. The minimum absolute atomic E-state index is 0.103. The molecule has 2 atom stereocenters. The number of aliphatic hydroxyl groups excluding tert-OH is 1. The molecule has 1 saturated carbocycles. The highest BCUT2D eigenvalue weighted by molar-refractivity contribution is 5.75. The van der Waals surface area contributed by atoms with Gasteiger partial charge in [0.25, 0.3) is 0 Å². The van der Waals surface area contributed by atoms with E-state index in [9.17, 15) is 14.7 Å². The molecular weight excluding hydrogens is 310 g/mol. The van der Waals surface area contributed by atoms with Crippen LogP contribution in [0.2, 0.25) is 0 Å². The number of alkyl carbamates (subject to hydrolysis) is 1. The van der Waals surface area contributed by atoms with Crippen LogP contribution >= 0.6 is 0 Å². The molecule has 0 radical (unpaired) electrons. The lowest BCUT2D eigenvalue weighted by molar-refractivity contribution is -0.148. The standard InChI is InChI=1S/C18H25NO5/c20-16(17(21)22)15(11-13-7-3-1-4-8-13)19-18(23)24-12-14-9-5-2-6-10-14/h2,5-6,9-10,13,15-16,20H,1,3-4,7-8,11-12H2,(H,19,23)(H,21,22). The van der Waals surface area contributed by atoms with Gasteiger partial charge < -0.3 is 20.3 Å². The van der Waals surface area contributed by atoms with E-state index in [4.69, 9.17) is 9.84 Å². The summed E-state index contributed by atoms with van der Waals surface area (Å²) in [5.74, 6) is -1.01. The minimum Gasteiger partial charge on any atom is -0.479 e. The van der Waals surface area contributed by atoms with E-state index in [1.54, 1.807) is 0 Å². The minimum atomic E-state index is -1.63. The Morgan fingerprint density at radius 1 is 1.17 bits per heavy atom. The number of carboxylic acid groups (broad SMARTS) is 1. The van der Waals surface area contributed by atoms with Crippen molar-refractivity contribution in [2.24, 2.45) is 5.92 Å². The molecule has 1 aromatic carbocycles. The van der Waals surface area contributed by atoms with Gasteiger partial charge in [-0.2, -0.15) is 0 Å². The lowest BCUT2D eigenvalue weighted by Gasteiger charge is -2.28. The second-order valence-corrected chi connectivity index (χ2v) is 6.34. The third-order valence-corrected chi connectivity index (χ3v) is 4.46. The molecule has 132 valence electrons. The van der Waals surface area contributed by atoms with Crippen LogP contribution in [0.25, 0.3) is 0 Å². The van der Waals surface area contributed by atoms with Crippen molar-refractivity contribution < 1.29 is 24.5 Å². The number of ether oxygens (including phenoxy) is 1. The maximum atomic E-state index is 12.0. The van der Waals surface area contributed by atoms with Crippen molar-refractivity contribution in [1.29, 1.82) is 0 Å². The van der Waals surface area contributed by atoms with Gasteiger partial charge in [-0.25, -0.2) is 9.59 Å². The molecule has 2 rings (SSSR count). The second-order valence-electron chi connectivity index (χ2n) is 6.34. The molecule has 1 amide bonds.